The summed E-state index contributed by atoms with van der Waals surface area (Å²) >= 11 is 1.49. The minimum absolute atomic E-state index is 0.0578. The number of carbonyl (C=O) groups excluding carboxylic acids is 1. The van der Waals surface area contributed by atoms with E-state index in [-0.39, 0.29) is 5.91 Å². The van der Waals surface area contributed by atoms with Crippen LogP contribution in [0.25, 0.3) is 21.5 Å². The molecule has 1 aliphatic carbocycles. The molecule has 1 aromatic carbocycles. The van der Waals surface area contributed by atoms with Crippen LogP contribution < -0.4 is 21.5 Å². The molecule has 1 saturated heterocycles. The van der Waals surface area contributed by atoms with Gasteiger partial charge in [-0.15, -0.1) is 11.3 Å². The van der Waals surface area contributed by atoms with E-state index >= 15 is 0 Å². The summed E-state index contributed by atoms with van der Waals surface area (Å²) in [7, 11) is 1.65. The van der Waals surface area contributed by atoms with Crippen LogP contribution >= 0.6 is 11.3 Å². The maximum atomic E-state index is 11.9. The third-order valence-corrected chi connectivity index (χ3v) is 6.97. The second-order valence-electron chi connectivity index (χ2n) is 7.75. The number of amides is 1. The largest absolute Gasteiger partial charge is 0.367 e. The number of anilines is 1. The maximum absolute atomic E-state index is 11.9. The van der Waals surface area contributed by atoms with Crippen LogP contribution in [-0.2, 0) is 0 Å². The van der Waals surface area contributed by atoms with Crippen molar-refractivity contribution in [2.45, 2.75) is 31.3 Å². The van der Waals surface area contributed by atoms with Crippen LogP contribution in [0.1, 0.15) is 28.9 Å². The molecule has 0 bridgehead atoms. The van der Waals surface area contributed by atoms with Gasteiger partial charge < -0.3 is 10.6 Å². The van der Waals surface area contributed by atoms with E-state index in [4.69, 9.17) is 4.98 Å². The summed E-state index contributed by atoms with van der Waals surface area (Å²) < 4.78 is 1.06. The normalized spacial score (nSPS) is 23.7. The number of hydrogen-bond acceptors (Lipinski definition) is 7. The number of fused-ring (bicyclic) bond motifs is 2. The molecular formula is C21H24N6OS. The van der Waals surface area contributed by atoms with Crippen LogP contribution in [0.3, 0.4) is 0 Å². The molecule has 1 saturated carbocycles. The fourth-order valence-electron chi connectivity index (χ4n) is 4.32. The van der Waals surface area contributed by atoms with E-state index in [0.29, 0.717) is 28.7 Å². The van der Waals surface area contributed by atoms with E-state index in [1.54, 1.807) is 7.05 Å². The van der Waals surface area contributed by atoms with Gasteiger partial charge in [-0.2, -0.15) is 0 Å². The Kier molecular flexibility index (Phi) is 4.91. The third kappa shape index (κ3) is 3.71. The van der Waals surface area contributed by atoms with E-state index in [9.17, 15) is 4.79 Å². The Hall–Kier alpha value is -2.55. The number of aromatic nitrogens is 2. The summed E-state index contributed by atoms with van der Waals surface area (Å²) in [6.45, 7) is 1.04. The molecule has 8 heteroatoms. The zero-order valence-electron chi connectivity index (χ0n) is 16.2. The molecule has 0 spiro atoms. The van der Waals surface area contributed by atoms with Gasteiger partial charge in [0.05, 0.1) is 4.88 Å². The Bertz CT molecular complexity index is 1050. The molecule has 2 aromatic heterocycles. The van der Waals surface area contributed by atoms with Gasteiger partial charge in [0.1, 0.15) is 5.82 Å². The highest BCUT2D eigenvalue weighted by atomic mass is 32.1. The van der Waals surface area contributed by atoms with E-state index in [1.807, 2.05) is 30.5 Å². The van der Waals surface area contributed by atoms with Gasteiger partial charge in [0, 0.05) is 42.1 Å². The zero-order valence-corrected chi connectivity index (χ0v) is 17.1. The summed E-state index contributed by atoms with van der Waals surface area (Å²) in [5.74, 6) is 2.19. The van der Waals surface area contributed by atoms with Gasteiger partial charge in [0.25, 0.3) is 5.91 Å². The molecule has 3 aromatic rings. The molecule has 2 aliphatic rings. The number of benzene rings is 1. The Morgan fingerprint density at radius 1 is 1.24 bits per heavy atom. The van der Waals surface area contributed by atoms with Crippen LogP contribution in [0.15, 0.2) is 36.5 Å². The fraction of sp³-hybridized carbons (Fsp3) is 0.381. The van der Waals surface area contributed by atoms with Crippen molar-refractivity contribution < 1.29 is 4.79 Å². The lowest BCUT2D eigenvalue weighted by Gasteiger charge is -2.31. The summed E-state index contributed by atoms with van der Waals surface area (Å²) in [6.07, 6.45) is 5.27. The smallest absolute Gasteiger partial charge is 0.261 e. The highest BCUT2D eigenvalue weighted by Crippen LogP contribution is 2.31. The fourth-order valence-corrected chi connectivity index (χ4v) is 5.37. The van der Waals surface area contributed by atoms with Crippen molar-refractivity contribution >= 4 is 33.1 Å². The van der Waals surface area contributed by atoms with E-state index < -0.39 is 0 Å². The minimum atomic E-state index is -0.0578. The Labute approximate surface area is 173 Å². The van der Waals surface area contributed by atoms with Gasteiger partial charge in [-0.05, 0) is 48.8 Å². The van der Waals surface area contributed by atoms with Crippen LogP contribution in [0.4, 0.5) is 5.82 Å². The summed E-state index contributed by atoms with van der Waals surface area (Å²) in [5, 5.41) is 7.35. The second-order valence-corrected chi connectivity index (χ2v) is 8.84. The zero-order chi connectivity index (χ0) is 19.8. The number of carbonyl (C=O) groups is 1. The minimum Gasteiger partial charge on any atom is -0.367 e. The summed E-state index contributed by atoms with van der Waals surface area (Å²) in [4.78, 5) is 21.8. The average molecular weight is 409 g/mol. The Morgan fingerprint density at radius 3 is 3.07 bits per heavy atom. The van der Waals surface area contributed by atoms with Crippen molar-refractivity contribution in [1.82, 2.24) is 26.1 Å². The van der Waals surface area contributed by atoms with E-state index in [0.717, 1.165) is 40.9 Å². The summed E-state index contributed by atoms with van der Waals surface area (Å²) in [5.41, 5.74) is 7.61. The third-order valence-electron chi connectivity index (χ3n) is 5.87. The average Bonchev–Trinajstić information content (AvgIpc) is 3.39. The number of hydrogen-bond donors (Lipinski definition) is 4. The van der Waals surface area contributed by atoms with Crippen molar-refractivity contribution in [3.63, 3.8) is 0 Å². The van der Waals surface area contributed by atoms with Gasteiger partial charge in [-0.3, -0.25) is 15.6 Å². The van der Waals surface area contributed by atoms with Crippen molar-refractivity contribution in [2.24, 2.45) is 5.92 Å². The molecule has 3 atom stereocenters. The first-order chi connectivity index (χ1) is 14.2. The molecule has 29 heavy (non-hydrogen) atoms. The molecule has 4 N–H and O–H groups in total. The Morgan fingerprint density at radius 2 is 2.17 bits per heavy atom. The first-order valence-corrected chi connectivity index (χ1v) is 10.9. The molecule has 7 nitrogen and oxygen atoms in total. The summed E-state index contributed by atoms with van der Waals surface area (Å²) in [6, 6.07) is 11.0. The molecule has 150 valence electrons. The quantitative estimate of drug-likeness (QED) is 0.531. The van der Waals surface area contributed by atoms with Crippen molar-refractivity contribution in [1.29, 1.82) is 0 Å². The molecule has 2 fully saturated rings. The first-order valence-electron chi connectivity index (χ1n) is 10.0. The molecule has 3 unspecified atom stereocenters. The van der Waals surface area contributed by atoms with Crippen LogP contribution in [0, 0.1) is 5.92 Å². The second kappa shape index (κ2) is 7.70. The van der Waals surface area contributed by atoms with Gasteiger partial charge in [-0.25, -0.2) is 9.97 Å². The topological polar surface area (TPSA) is 91.0 Å². The SMILES string of the molecule is CNC(=O)c1cc2ccc(-c3nccc(NC4CCC5NNCC5C4)n3)cc2s1. The number of nitrogens with one attached hydrogen (secondary N) is 4. The van der Waals surface area contributed by atoms with Crippen molar-refractivity contribution in [2.75, 3.05) is 18.9 Å². The standard InChI is InChI=1S/C21H24N6OS/c1-22-21(28)18-9-12-2-3-13(10-17(12)29-18)20-23-7-6-19(26-20)25-15-4-5-16-14(8-15)11-24-27-16/h2-3,6-7,9-10,14-16,24,27H,4-5,8,11H2,1H3,(H,22,28)(H,23,25,26). The number of rotatable bonds is 4. The van der Waals surface area contributed by atoms with E-state index in [2.05, 4.69) is 32.5 Å². The lowest BCUT2D eigenvalue weighted by atomic mass is 9.83. The molecule has 1 amide bonds. The maximum Gasteiger partial charge on any atom is 0.261 e. The molecule has 0 radical (unpaired) electrons. The van der Waals surface area contributed by atoms with Gasteiger partial charge in [-0.1, -0.05) is 12.1 Å². The van der Waals surface area contributed by atoms with E-state index in [1.165, 1.54) is 17.8 Å². The Balaban J connectivity index is 1.35. The number of nitrogens with zero attached hydrogens (tertiary/aromatic N) is 2. The molecular weight excluding hydrogens is 384 g/mol. The lowest BCUT2D eigenvalue weighted by Crippen LogP contribution is -2.39. The monoisotopic (exact) mass is 408 g/mol. The highest BCUT2D eigenvalue weighted by Gasteiger charge is 2.33. The predicted octanol–water partition coefficient (Wildman–Crippen LogP) is 2.77. The van der Waals surface area contributed by atoms with Crippen LogP contribution in [0.2, 0.25) is 0 Å². The first kappa shape index (κ1) is 18.5. The molecule has 3 heterocycles. The van der Waals surface area contributed by atoms with Crippen molar-refractivity contribution in [3.8, 4) is 11.4 Å². The highest BCUT2D eigenvalue weighted by molar-refractivity contribution is 7.20. The van der Waals surface area contributed by atoms with Crippen LogP contribution in [0.5, 0.6) is 0 Å². The van der Waals surface area contributed by atoms with Crippen LogP contribution in [-0.4, -0.2) is 41.6 Å². The lowest BCUT2D eigenvalue weighted by molar-refractivity contribution is 0.0967. The van der Waals surface area contributed by atoms with Gasteiger partial charge in [0.15, 0.2) is 5.82 Å². The molecule has 5 rings (SSSR count). The molecule has 1 aliphatic heterocycles. The van der Waals surface area contributed by atoms with Crippen molar-refractivity contribution in [3.05, 3.63) is 41.4 Å². The number of thiophene rings is 1. The predicted molar refractivity (Wildman–Crippen MR) is 116 cm³/mol. The van der Waals surface area contributed by atoms with Gasteiger partial charge >= 0.3 is 0 Å². The number of hydrazine groups is 1. The van der Waals surface area contributed by atoms with Gasteiger partial charge in [0.2, 0.25) is 0 Å².